The topological polar surface area (TPSA) is 24.5 Å². The first-order chi connectivity index (χ1) is 9.29. The van der Waals surface area contributed by atoms with Crippen molar-refractivity contribution in [3.63, 3.8) is 0 Å². The van der Waals surface area contributed by atoms with Gasteiger partial charge in [-0.1, -0.05) is 18.6 Å². The summed E-state index contributed by atoms with van der Waals surface area (Å²) in [5, 5.41) is 3.36. The maximum atomic E-state index is 5.01. The van der Waals surface area contributed by atoms with Gasteiger partial charge >= 0.3 is 0 Å². The average molecular weight is 262 g/mol. The number of benzene rings is 1. The van der Waals surface area contributed by atoms with Gasteiger partial charge in [-0.2, -0.15) is 0 Å². The number of ether oxygens (including phenoxy) is 1. The van der Waals surface area contributed by atoms with Gasteiger partial charge < -0.3 is 15.0 Å². The summed E-state index contributed by atoms with van der Waals surface area (Å²) in [4.78, 5) is 2.38. The second-order valence-electron chi connectivity index (χ2n) is 5.51. The monoisotopic (exact) mass is 262 g/mol. The van der Waals surface area contributed by atoms with E-state index in [9.17, 15) is 0 Å². The maximum absolute atomic E-state index is 5.01. The molecule has 0 unspecified atom stereocenters. The molecule has 1 aliphatic carbocycles. The number of hydrogen-bond acceptors (Lipinski definition) is 3. The van der Waals surface area contributed by atoms with Crippen molar-refractivity contribution in [2.45, 2.75) is 25.8 Å². The first-order valence-corrected chi connectivity index (χ1v) is 7.29. The standard InChI is InChI=1S/C16H26N2O/c1-18(13-15-4-3-5-15)16-8-6-14(7-9-16)12-17-10-11-19-2/h6-9,15,17H,3-5,10-13H2,1-2H3. The van der Waals surface area contributed by atoms with Gasteiger partial charge in [0.1, 0.15) is 0 Å². The third-order valence-corrected chi connectivity index (χ3v) is 3.95. The number of rotatable bonds is 8. The summed E-state index contributed by atoms with van der Waals surface area (Å²) in [5.74, 6) is 0.917. The fourth-order valence-corrected chi connectivity index (χ4v) is 2.44. The molecule has 106 valence electrons. The molecule has 1 saturated carbocycles. The first-order valence-electron chi connectivity index (χ1n) is 7.29. The van der Waals surface area contributed by atoms with E-state index < -0.39 is 0 Å². The second-order valence-corrected chi connectivity index (χ2v) is 5.51. The highest BCUT2D eigenvalue weighted by Crippen LogP contribution is 2.28. The Labute approximate surface area is 116 Å². The van der Waals surface area contributed by atoms with Gasteiger partial charge in [0.25, 0.3) is 0 Å². The molecule has 0 amide bonds. The molecule has 1 aromatic carbocycles. The summed E-state index contributed by atoms with van der Waals surface area (Å²) < 4.78 is 5.01. The predicted octanol–water partition coefficient (Wildman–Crippen LogP) is 2.66. The highest BCUT2D eigenvalue weighted by molar-refractivity contribution is 5.46. The van der Waals surface area contributed by atoms with Crippen LogP contribution in [0.3, 0.4) is 0 Å². The van der Waals surface area contributed by atoms with Crippen LogP contribution >= 0.6 is 0 Å². The predicted molar refractivity (Wildman–Crippen MR) is 80.6 cm³/mol. The molecule has 0 spiro atoms. The molecule has 0 bridgehead atoms. The fraction of sp³-hybridized carbons (Fsp3) is 0.625. The summed E-state index contributed by atoms with van der Waals surface area (Å²) in [6.07, 6.45) is 4.24. The van der Waals surface area contributed by atoms with Crippen molar-refractivity contribution in [1.29, 1.82) is 0 Å². The fourth-order valence-electron chi connectivity index (χ4n) is 2.44. The molecule has 19 heavy (non-hydrogen) atoms. The third kappa shape index (κ3) is 4.51. The zero-order valence-corrected chi connectivity index (χ0v) is 12.2. The molecule has 0 aromatic heterocycles. The van der Waals surface area contributed by atoms with Crippen LogP contribution in [0.1, 0.15) is 24.8 Å². The highest BCUT2D eigenvalue weighted by atomic mass is 16.5. The molecule has 1 N–H and O–H groups in total. The molecule has 1 aliphatic rings. The normalized spacial score (nSPS) is 15.3. The summed E-state index contributed by atoms with van der Waals surface area (Å²) >= 11 is 0. The van der Waals surface area contributed by atoms with Crippen molar-refractivity contribution in [2.75, 3.05) is 38.8 Å². The molecular formula is C16H26N2O. The van der Waals surface area contributed by atoms with E-state index >= 15 is 0 Å². The van der Waals surface area contributed by atoms with Gasteiger partial charge in [-0.25, -0.2) is 0 Å². The van der Waals surface area contributed by atoms with Gasteiger partial charge in [0.15, 0.2) is 0 Å². The van der Waals surface area contributed by atoms with Gasteiger partial charge in [0, 0.05) is 39.5 Å². The van der Waals surface area contributed by atoms with E-state index in [1.807, 2.05) is 0 Å². The van der Waals surface area contributed by atoms with E-state index in [0.29, 0.717) is 0 Å². The minimum atomic E-state index is 0.766. The van der Waals surface area contributed by atoms with Crippen LogP contribution in [0.25, 0.3) is 0 Å². The van der Waals surface area contributed by atoms with Crippen LogP contribution < -0.4 is 10.2 Å². The zero-order chi connectivity index (χ0) is 13.5. The third-order valence-electron chi connectivity index (χ3n) is 3.95. The van der Waals surface area contributed by atoms with Crippen molar-refractivity contribution in [3.8, 4) is 0 Å². The molecule has 0 aliphatic heterocycles. The Bertz CT molecular complexity index is 360. The Balaban J connectivity index is 1.76. The average Bonchev–Trinajstić information content (AvgIpc) is 2.39. The highest BCUT2D eigenvalue weighted by Gasteiger charge is 2.19. The van der Waals surface area contributed by atoms with E-state index in [0.717, 1.165) is 25.6 Å². The summed E-state index contributed by atoms with van der Waals surface area (Å²) in [6.45, 7) is 3.78. The van der Waals surface area contributed by atoms with Crippen molar-refractivity contribution >= 4 is 5.69 Å². The Morgan fingerprint density at radius 2 is 2.00 bits per heavy atom. The zero-order valence-electron chi connectivity index (χ0n) is 12.2. The first kappa shape index (κ1) is 14.4. The van der Waals surface area contributed by atoms with Gasteiger partial charge in [0.05, 0.1) is 6.61 Å². The lowest BCUT2D eigenvalue weighted by Crippen LogP contribution is -2.29. The summed E-state index contributed by atoms with van der Waals surface area (Å²) in [6, 6.07) is 8.89. The number of nitrogens with one attached hydrogen (secondary N) is 1. The van der Waals surface area contributed by atoms with Crippen molar-refractivity contribution in [1.82, 2.24) is 5.32 Å². The molecule has 0 saturated heterocycles. The Hall–Kier alpha value is -1.06. The number of hydrogen-bond donors (Lipinski definition) is 1. The van der Waals surface area contributed by atoms with Crippen LogP contribution in [0, 0.1) is 5.92 Å². The SMILES string of the molecule is COCCNCc1ccc(N(C)CC2CCC2)cc1. The molecule has 1 aromatic rings. The molecule has 0 heterocycles. The smallest absolute Gasteiger partial charge is 0.0587 e. The molecule has 0 radical (unpaired) electrons. The van der Waals surface area contributed by atoms with Crippen LogP contribution in [0.4, 0.5) is 5.69 Å². The molecule has 1 fully saturated rings. The van der Waals surface area contributed by atoms with Crippen molar-refractivity contribution < 1.29 is 4.74 Å². The maximum Gasteiger partial charge on any atom is 0.0587 e. The van der Waals surface area contributed by atoms with Gasteiger partial charge in [0.2, 0.25) is 0 Å². The molecule has 3 heteroatoms. The molecule has 3 nitrogen and oxygen atoms in total. The Kier molecular flexibility index (Phi) is 5.67. The van der Waals surface area contributed by atoms with E-state index in [4.69, 9.17) is 4.74 Å². The van der Waals surface area contributed by atoms with E-state index in [2.05, 4.69) is 41.5 Å². The van der Waals surface area contributed by atoms with E-state index in [-0.39, 0.29) is 0 Å². The van der Waals surface area contributed by atoms with Crippen LogP contribution in [-0.2, 0) is 11.3 Å². The van der Waals surface area contributed by atoms with E-state index in [1.54, 1.807) is 7.11 Å². The lowest BCUT2D eigenvalue weighted by Gasteiger charge is -2.31. The van der Waals surface area contributed by atoms with Crippen LogP contribution in [0.2, 0.25) is 0 Å². The van der Waals surface area contributed by atoms with Crippen LogP contribution in [-0.4, -0.2) is 33.9 Å². The van der Waals surface area contributed by atoms with E-state index in [1.165, 1.54) is 37.1 Å². The quantitative estimate of drug-likeness (QED) is 0.729. The number of methoxy groups -OCH3 is 1. The second kappa shape index (κ2) is 7.51. The molecular weight excluding hydrogens is 236 g/mol. The minimum Gasteiger partial charge on any atom is -0.383 e. The minimum absolute atomic E-state index is 0.766. The van der Waals surface area contributed by atoms with Gasteiger partial charge in [-0.3, -0.25) is 0 Å². The number of anilines is 1. The Morgan fingerprint density at radius 3 is 2.58 bits per heavy atom. The lowest BCUT2D eigenvalue weighted by molar-refractivity contribution is 0.199. The lowest BCUT2D eigenvalue weighted by atomic mass is 9.85. The van der Waals surface area contributed by atoms with Crippen LogP contribution in [0.15, 0.2) is 24.3 Å². The van der Waals surface area contributed by atoms with Gasteiger partial charge in [-0.15, -0.1) is 0 Å². The number of nitrogens with zero attached hydrogens (tertiary/aromatic N) is 1. The van der Waals surface area contributed by atoms with Gasteiger partial charge in [-0.05, 0) is 36.5 Å². The molecule has 2 rings (SSSR count). The Morgan fingerprint density at radius 1 is 1.26 bits per heavy atom. The van der Waals surface area contributed by atoms with Crippen molar-refractivity contribution in [3.05, 3.63) is 29.8 Å². The summed E-state index contributed by atoms with van der Waals surface area (Å²) in [7, 11) is 3.93. The molecule has 0 atom stereocenters. The van der Waals surface area contributed by atoms with Crippen LogP contribution in [0.5, 0.6) is 0 Å². The summed E-state index contributed by atoms with van der Waals surface area (Å²) in [5.41, 5.74) is 2.66. The largest absolute Gasteiger partial charge is 0.383 e. The van der Waals surface area contributed by atoms with Crippen molar-refractivity contribution in [2.24, 2.45) is 5.92 Å².